The van der Waals surface area contributed by atoms with Crippen LogP contribution in [-0.2, 0) is 10.0 Å². The maximum Gasteiger partial charge on any atom is 0.240 e. The van der Waals surface area contributed by atoms with Crippen molar-refractivity contribution >= 4 is 40.0 Å². The van der Waals surface area contributed by atoms with E-state index in [0.29, 0.717) is 23.4 Å². The smallest absolute Gasteiger partial charge is 0.240 e. The van der Waals surface area contributed by atoms with Gasteiger partial charge in [0.05, 0.1) is 11.4 Å². The van der Waals surface area contributed by atoms with Crippen LogP contribution in [0.15, 0.2) is 28.1 Å². The normalized spacial score (nSPS) is 18.7. The average molecular weight is 520 g/mol. The van der Waals surface area contributed by atoms with Crippen molar-refractivity contribution < 1.29 is 8.42 Å². The maximum absolute atomic E-state index is 12.6. The first-order chi connectivity index (χ1) is 12.9. The minimum Gasteiger partial charge on any atom is -0.357 e. The summed E-state index contributed by atoms with van der Waals surface area (Å²) in [5.41, 5.74) is 2.21. The van der Waals surface area contributed by atoms with Gasteiger partial charge in [0.2, 0.25) is 10.0 Å². The third kappa shape index (κ3) is 5.38. The van der Waals surface area contributed by atoms with Crippen LogP contribution in [-0.4, -0.2) is 52.0 Å². The Bertz CT molecular complexity index is 806. The molecule has 2 N–H and O–H groups in total. The zero-order valence-electron chi connectivity index (χ0n) is 17.1. The fraction of sp³-hybridized carbons (Fsp3) is 0.650. The van der Waals surface area contributed by atoms with Crippen LogP contribution in [0, 0.1) is 19.3 Å². The molecule has 0 radical (unpaired) electrons. The molecule has 158 valence electrons. The summed E-state index contributed by atoms with van der Waals surface area (Å²) in [7, 11) is -3.51. The number of sulfonamides is 1. The number of hydrogen-bond donors (Lipinski definition) is 2. The van der Waals surface area contributed by atoms with Gasteiger partial charge in [-0.3, -0.25) is 4.99 Å². The number of nitrogens with one attached hydrogen (secondary N) is 2. The molecule has 8 heteroatoms. The summed E-state index contributed by atoms with van der Waals surface area (Å²) in [5.74, 6) is 0.909. The minimum atomic E-state index is -3.51. The first-order valence-corrected chi connectivity index (χ1v) is 11.4. The highest BCUT2D eigenvalue weighted by molar-refractivity contribution is 14.0. The second kappa shape index (κ2) is 9.75. The Hall–Kier alpha value is -0.870. The number of nitrogens with zero attached hydrogens (tertiary/aromatic N) is 2. The molecule has 0 unspecified atom stereocenters. The van der Waals surface area contributed by atoms with Crippen molar-refractivity contribution in [2.24, 2.45) is 10.4 Å². The van der Waals surface area contributed by atoms with Gasteiger partial charge in [-0.1, -0.05) is 18.6 Å². The molecule has 6 nitrogen and oxygen atoms in total. The van der Waals surface area contributed by atoms with E-state index in [4.69, 9.17) is 0 Å². The monoisotopic (exact) mass is 520 g/mol. The largest absolute Gasteiger partial charge is 0.357 e. The lowest BCUT2D eigenvalue weighted by Crippen LogP contribution is -2.43. The Labute approximate surface area is 186 Å². The van der Waals surface area contributed by atoms with Crippen molar-refractivity contribution in [2.75, 3.05) is 32.7 Å². The lowest BCUT2D eigenvalue weighted by atomic mass is 9.68. The first-order valence-electron chi connectivity index (χ1n) is 9.95. The molecule has 0 aromatic heterocycles. The van der Waals surface area contributed by atoms with E-state index in [1.54, 1.807) is 6.07 Å². The van der Waals surface area contributed by atoms with Crippen molar-refractivity contribution in [3.8, 4) is 0 Å². The lowest BCUT2D eigenvalue weighted by molar-refractivity contribution is 0.151. The highest BCUT2D eigenvalue weighted by Gasteiger charge is 2.43. The molecule has 28 heavy (non-hydrogen) atoms. The average Bonchev–Trinajstić information content (AvgIpc) is 3.05. The molecule has 1 aromatic rings. The Morgan fingerprint density at radius 1 is 1.25 bits per heavy atom. The standard InChI is InChI=1S/C20H32N4O2S.HI/c1-4-21-19(24-13-10-20(15-24)8-5-9-20)22-11-12-23-27(25,26)18-14-16(2)6-7-17(18)3;/h6-7,14,23H,4-5,8-13,15H2,1-3H3,(H,21,22);1H. The zero-order valence-corrected chi connectivity index (χ0v) is 20.3. The van der Waals surface area contributed by atoms with Crippen LogP contribution in [0.1, 0.15) is 43.7 Å². The van der Waals surface area contributed by atoms with Crippen molar-refractivity contribution in [3.05, 3.63) is 29.3 Å². The van der Waals surface area contributed by atoms with Gasteiger partial charge in [0.1, 0.15) is 0 Å². The lowest BCUT2D eigenvalue weighted by Gasteiger charge is -2.38. The Morgan fingerprint density at radius 3 is 2.61 bits per heavy atom. The predicted molar refractivity (Wildman–Crippen MR) is 125 cm³/mol. The molecule has 1 heterocycles. The summed E-state index contributed by atoms with van der Waals surface area (Å²) in [6.45, 7) is 9.44. The van der Waals surface area contributed by atoms with Gasteiger partial charge < -0.3 is 10.2 Å². The number of likely N-dealkylation sites (tertiary alicyclic amines) is 1. The van der Waals surface area contributed by atoms with Gasteiger partial charge >= 0.3 is 0 Å². The first kappa shape index (κ1) is 23.4. The van der Waals surface area contributed by atoms with Gasteiger partial charge in [-0.05, 0) is 62.6 Å². The number of rotatable bonds is 6. The van der Waals surface area contributed by atoms with Gasteiger partial charge in [-0.2, -0.15) is 0 Å². The number of aryl methyl sites for hydroxylation is 2. The quantitative estimate of drug-likeness (QED) is 0.262. The molecular weight excluding hydrogens is 487 g/mol. The molecule has 1 saturated heterocycles. The van der Waals surface area contributed by atoms with Crippen molar-refractivity contribution in [1.82, 2.24) is 14.9 Å². The van der Waals surface area contributed by atoms with E-state index < -0.39 is 10.0 Å². The summed E-state index contributed by atoms with van der Waals surface area (Å²) < 4.78 is 27.8. The number of aliphatic imine (C=N–C) groups is 1. The number of hydrogen-bond acceptors (Lipinski definition) is 3. The van der Waals surface area contributed by atoms with E-state index in [2.05, 4.69) is 26.9 Å². The second-order valence-corrected chi connectivity index (χ2v) is 9.66. The number of guanidine groups is 1. The summed E-state index contributed by atoms with van der Waals surface area (Å²) >= 11 is 0. The van der Waals surface area contributed by atoms with Crippen molar-refractivity contribution in [3.63, 3.8) is 0 Å². The topological polar surface area (TPSA) is 73.8 Å². The van der Waals surface area contributed by atoms with Gasteiger partial charge in [0.25, 0.3) is 0 Å². The fourth-order valence-electron chi connectivity index (χ4n) is 4.04. The molecule has 1 spiro atoms. The van der Waals surface area contributed by atoms with Crippen LogP contribution < -0.4 is 10.0 Å². The highest BCUT2D eigenvalue weighted by Crippen LogP contribution is 2.47. The van der Waals surface area contributed by atoms with Crippen LogP contribution in [0.2, 0.25) is 0 Å². The Morgan fingerprint density at radius 2 is 2.00 bits per heavy atom. The maximum atomic E-state index is 12.6. The van der Waals surface area contributed by atoms with E-state index >= 15 is 0 Å². The molecule has 0 atom stereocenters. The molecule has 0 amide bonds. The molecule has 3 rings (SSSR count). The third-order valence-electron chi connectivity index (χ3n) is 5.79. The fourth-order valence-corrected chi connectivity index (χ4v) is 5.39. The Kier molecular flexibility index (Phi) is 8.16. The van der Waals surface area contributed by atoms with Crippen molar-refractivity contribution in [2.45, 2.75) is 51.3 Å². The van der Waals surface area contributed by atoms with Gasteiger partial charge in [-0.25, -0.2) is 13.1 Å². The van der Waals surface area contributed by atoms with Crippen LogP contribution in [0.25, 0.3) is 0 Å². The van der Waals surface area contributed by atoms with E-state index in [1.807, 2.05) is 26.0 Å². The molecule has 0 bridgehead atoms. The Balaban J connectivity index is 0.00000280. The predicted octanol–water partition coefficient (Wildman–Crippen LogP) is 3.04. The van der Waals surface area contributed by atoms with E-state index in [-0.39, 0.29) is 24.0 Å². The number of benzene rings is 1. The minimum absolute atomic E-state index is 0. The highest BCUT2D eigenvalue weighted by atomic mass is 127. The molecular formula is C20H33IN4O2S. The van der Waals surface area contributed by atoms with Crippen LogP contribution >= 0.6 is 24.0 Å². The molecule has 1 aliphatic heterocycles. The molecule has 2 aliphatic rings. The summed E-state index contributed by atoms with van der Waals surface area (Å²) in [6.07, 6.45) is 5.26. The van der Waals surface area contributed by atoms with Crippen LogP contribution in [0.5, 0.6) is 0 Å². The van der Waals surface area contributed by atoms with Gasteiger partial charge in [-0.15, -0.1) is 24.0 Å². The molecule has 1 saturated carbocycles. The van der Waals surface area contributed by atoms with E-state index in [1.165, 1.54) is 25.7 Å². The summed E-state index contributed by atoms with van der Waals surface area (Å²) in [6, 6.07) is 5.48. The van der Waals surface area contributed by atoms with Crippen LogP contribution in [0.4, 0.5) is 0 Å². The summed E-state index contributed by atoms with van der Waals surface area (Å²) in [4.78, 5) is 7.35. The third-order valence-corrected chi connectivity index (χ3v) is 7.39. The van der Waals surface area contributed by atoms with Gasteiger partial charge in [0.15, 0.2) is 5.96 Å². The summed E-state index contributed by atoms with van der Waals surface area (Å²) in [5, 5.41) is 3.36. The molecule has 2 fully saturated rings. The van der Waals surface area contributed by atoms with E-state index in [9.17, 15) is 8.42 Å². The van der Waals surface area contributed by atoms with Gasteiger partial charge in [0, 0.05) is 26.2 Å². The second-order valence-electron chi connectivity index (χ2n) is 7.93. The SMILES string of the molecule is CCNC(=NCCNS(=O)(=O)c1cc(C)ccc1C)N1CCC2(CCC2)C1.I. The van der Waals surface area contributed by atoms with Crippen molar-refractivity contribution in [1.29, 1.82) is 0 Å². The van der Waals surface area contributed by atoms with E-state index in [0.717, 1.165) is 36.7 Å². The number of halogens is 1. The molecule has 1 aliphatic carbocycles. The zero-order chi connectivity index (χ0) is 19.5. The molecule has 1 aromatic carbocycles. The van der Waals surface area contributed by atoms with Crippen LogP contribution in [0.3, 0.4) is 0 Å².